The molecule has 2 aromatic rings. The van der Waals surface area contributed by atoms with Crippen LogP contribution in [-0.2, 0) is 11.2 Å². The van der Waals surface area contributed by atoms with Gasteiger partial charge in [-0.3, -0.25) is 4.79 Å². The van der Waals surface area contributed by atoms with Crippen LogP contribution in [0.5, 0.6) is 5.88 Å². The summed E-state index contributed by atoms with van der Waals surface area (Å²) >= 11 is 0. The zero-order chi connectivity index (χ0) is 18.2. The molecule has 0 unspecified atom stereocenters. The second-order valence-corrected chi connectivity index (χ2v) is 6.52. The molecular weight excluding hydrogens is 328 g/mol. The topological polar surface area (TPSA) is 67.3 Å². The number of piperidine rings is 1. The Labute approximate surface area is 154 Å². The smallest absolute Gasteiger partial charge is 0.224 e. The van der Waals surface area contributed by atoms with Crippen LogP contribution >= 0.6 is 0 Å². The second-order valence-electron chi connectivity index (χ2n) is 6.52. The number of hydrogen-bond acceptors (Lipinski definition) is 5. The molecule has 0 saturated carbocycles. The van der Waals surface area contributed by atoms with Crippen LogP contribution in [0.15, 0.2) is 36.4 Å². The lowest BCUT2D eigenvalue weighted by atomic mass is 10.1. The van der Waals surface area contributed by atoms with Crippen molar-refractivity contribution in [3.63, 3.8) is 0 Å². The van der Waals surface area contributed by atoms with E-state index < -0.39 is 0 Å². The van der Waals surface area contributed by atoms with Crippen LogP contribution in [0.2, 0.25) is 0 Å². The number of aryl methyl sites for hydroxylation is 1. The first-order chi connectivity index (χ1) is 12.7. The molecule has 1 aliphatic heterocycles. The lowest BCUT2D eigenvalue weighted by Gasteiger charge is -2.28. The van der Waals surface area contributed by atoms with Crippen molar-refractivity contribution >= 4 is 11.7 Å². The zero-order valence-corrected chi connectivity index (χ0v) is 15.3. The van der Waals surface area contributed by atoms with Crippen LogP contribution in [0.25, 0.3) is 0 Å². The van der Waals surface area contributed by atoms with E-state index in [2.05, 4.69) is 20.2 Å². The summed E-state index contributed by atoms with van der Waals surface area (Å²) in [6.45, 7) is 4.78. The molecule has 6 nitrogen and oxygen atoms in total. The predicted molar refractivity (Wildman–Crippen MR) is 101 cm³/mol. The van der Waals surface area contributed by atoms with Gasteiger partial charge in [0.25, 0.3) is 0 Å². The minimum Gasteiger partial charge on any atom is -0.476 e. The first-order valence-corrected chi connectivity index (χ1v) is 9.25. The highest BCUT2D eigenvalue weighted by Gasteiger charge is 2.14. The predicted octanol–water partition coefficient (Wildman–Crippen LogP) is 2.51. The highest BCUT2D eigenvalue weighted by Crippen LogP contribution is 2.21. The first kappa shape index (κ1) is 18.2. The van der Waals surface area contributed by atoms with Crippen LogP contribution in [0, 0.1) is 6.92 Å². The summed E-state index contributed by atoms with van der Waals surface area (Å²) in [5, 5.41) is 2.88. The van der Waals surface area contributed by atoms with Crippen molar-refractivity contribution in [3.05, 3.63) is 47.8 Å². The third kappa shape index (κ3) is 5.44. The standard InChI is InChI=1S/C20H26N4O2/c1-16-22-18(24-11-6-3-7-12-24)15-20(23-16)26-13-10-21-19(25)14-17-8-4-2-5-9-17/h2,4-5,8-9,15H,3,6-7,10-14H2,1H3,(H,21,25). The Morgan fingerprint density at radius 3 is 2.69 bits per heavy atom. The Hall–Kier alpha value is -2.63. The van der Waals surface area contributed by atoms with Crippen molar-refractivity contribution in [2.75, 3.05) is 31.1 Å². The van der Waals surface area contributed by atoms with E-state index in [9.17, 15) is 4.79 Å². The molecule has 1 saturated heterocycles. The highest BCUT2D eigenvalue weighted by molar-refractivity contribution is 5.78. The van der Waals surface area contributed by atoms with E-state index in [4.69, 9.17) is 4.74 Å². The summed E-state index contributed by atoms with van der Waals surface area (Å²) in [4.78, 5) is 23.1. The van der Waals surface area contributed by atoms with Crippen molar-refractivity contribution in [2.45, 2.75) is 32.6 Å². The van der Waals surface area contributed by atoms with Gasteiger partial charge in [-0.15, -0.1) is 0 Å². The maximum Gasteiger partial charge on any atom is 0.224 e. The third-order valence-electron chi connectivity index (χ3n) is 4.36. The van der Waals surface area contributed by atoms with Crippen LogP contribution in [-0.4, -0.2) is 42.1 Å². The number of hydrogen-bond donors (Lipinski definition) is 1. The van der Waals surface area contributed by atoms with Crippen molar-refractivity contribution in [3.8, 4) is 5.88 Å². The molecule has 6 heteroatoms. The number of carbonyl (C=O) groups is 1. The van der Waals surface area contributed by atoms with Crippen molar-refractivity contribution in [2.24, 2.45) is 0 Å². The molecule has 1 aliphatic rings. The van der Waals surface area contributed by atoms with Crippen molar-refractivity contribution in [1.29, 1.82) is 0 Å². The van der Waals surface area contributed by atoms with Crippen LogP contribution in [0.1, 0.15) is 30.7 Å². The first-order valence-electron chi connectivity index (χ1n) is 9.25. The fourth-order valence-corrected chi connectivity index (χ4v) is 3.07. The summed E-state index contributed by atoms with van der Waals surface area (Å²) in [6, 6.07) is 11.6. The molecule has 26 heavy (non-hydrogen) atoms. The molecule has 1 N–H and O–H groups in total. The molecule has 0 spiro atoms. The molecule has 1 aromatic heterocycles. The molecule has 0 aliphatic carbocycles. The number of amides is 1. The molecule has 3 rings (SSSR count). The maximum atomic E-state index is 11.9. The molecule has 0 radical (unpaired) electrons. The summed E-state index contributed by atoms with van der Waals surface area (Å²) in [5.74, 6) is 2.19. The summed E-state index contributed by atoms with van der Waals surface area (Å²) in [5.41, 5.74) is 1.00. The lowest BCUT2D eigenvalue weighted by molar-refractivity contribution is -0.120. The molecule has 1 amide bonds. The van der Waals surface area contributed by atoms with Crippen LogP contribution in [0.4, 0.5) is 5.82 Å². The van der Waals surface area contributed by atoms with E-state index in [1.807, 2.05) is 43.3 Å². The van der Waals surface area contributed by atoms with Crippen LogP contribution in [0.3, 0.4) is 0 Å². The number of ether oxygens (including phenoxy) is 1. The van der Waals surface area contributed by atoms with Crippen molar-refractivity contribution < 1.29 is 9.53 Å². The van der Waals surface area contributed by atoms with Gasteiger partial charge in [-0.25, -0.2) is 4.98 Å². The normalized spacial score (nSPS) is 14.1. The van der Waals surface area contributed by atoms with Gasteiger partial charge in [0, 0.05) is 19.2 Å². The van der Waals surface area contributed by atoms with Gasteiger partial charge >= 0.3 is 0 Å². The molecular formula is C20H26N4O2. The van der Waals surface area contributed by atoms with E-state index >= 15 is 0 Å². The number of nitrogens with one attached hydrogen (secondary N) is 1. The van der Waals surface area contributed by atoms with E-state index in [-0.39, 0.29) is 5.91 Å². The number of aromatic nitrogens is 2. The maximum absolute atomic E-state index is 11.9. The number of anilines is 1. The van der Waals surface area contributed by atoms with E-state index in [1.54, 1.807) is 0 Å². The highest BCUT2D eigenvalue weighted by atomic mass is 16.5. The fourth-order valence-electron chi connectivity index (χ4n) is 3.07. The molecule has 1 fully saturated rings. The molecule has 0 bridgehead atoms. The van der Waals surface area contributed by atoms with Crippen molar-refractivity contribution in [1.82, 2.24) is 15.3 Å². The third-order valence-corrected chi connectivity index (χ3v) is 4.36. The Morgan fingerprint density at radius 2 is 1.92 bits per heavy atom. The number of rotatable bonds is 7. The van der Waals surface area contributed by atoms with Crippen LogP contribution < -0.4 is 15.0 Å². The average Bonchev–Trinajstić information content (AvgIpc) is 2.66. The average molecular weight is 354 g/mol. The van der Waals surface area contributed by atoms with Gasteiger partial charge in [-0.1, -0.05) is 30.3 Å². The van der Waals surface area contributed by atoms with Gasteiger partial charge in [0.1, 0.15) is 18.2 Å². The van der Waals surface area contributed by atoms with E-state index in [0.29, 0.717) is 31.3 Å². The summed E-state index contributed by atoms with van der Waals surface area (Å²) in [7, 11) is 0. The van der Waals surface area contributed by atoms with Gasteiger partial charge in [-0.2, -0.15) is 4.98 Å². The lowest BCUT2D eigenvalue weighted by Crippen LogP contribution is -2.31. The van der Waals surface area contributed by atoms with E-state index in [1.165, 1.54) is 19.3 Å². The Balaban J connectivity index is 1.45. The van der Waals surface area contributed by atoms with E-state index in [0.717, 1.165) is 24.5 Å². The van der Waals surface area contributed by atoms with Gasteiger partial charge in [0.05, 0.1) is 13.0 Å². The minimum atomic E-state index is -0.00678. The minimum absolute atomic E-state index is 0.00678. The van der Waals surface area contributed by atoms with Gasteiger partial charge in [-0.05, 0) is 31.7 Å². The Bertz CT molecular complexity index is 715. The zero-order valence-electron chi connectivity index (χ0n) is 15.3. The number of nitrogens with zero attached hydrogens (tertiary/aromatic N) is 3. The molecule has 2 heterocycles. The van der Waals surface area contributed by atoms with Gasteiger partial charge < -0.3 is 15.0 Å². The quantitative estimate of drug-likeness (QED) is 0.774. The summed E-state index contributed by atoms with van der Waals surface area (Å²) < 4.78 is 5.73. The Kier molecular flexibility index (Phi) is 6.41. The van der Waals surface area contributed by atoms with Gasteiger partial charge in [0.2, 0.25) is 11.8 Å². The molecule has 1 aromatic carbocycles. The molecule has 0 atom stereocenters. The summed E-state index contributed by atoms with van der Waals surface area (Å²) in [6.07, 6.45) is 4.07. The fraction of sp³-hybridized carbons (Fsp3) is 0.450. The SMILES string of the molecule is Cc1nc(OCCNC(=O)Cc2ccccc2)cc(N2CCCCC2)n1. The second kappa shape index (κ2) is 9.17. The largest absolute Gasteiger partial charge is 0.476 e. The molecule has 138 valence electrons. The number of carbonyl (C=O) groups excluding carboxylic acids is 1. The Morgan fingerprint density at radius 1 is 1.15 bits per heavy atom. The number of benzene rings is 1. The monoisotopic (exact) mass is 354 g/mol. The van der Waals surface area contributed by atoms with Gasteiger partial charge in [0.15, 0.2) is 0 Å².